The normalized spacial score (nSPS) is 12.6. The number of nitrogens with one attached hydrogen (secondary N) is 2. The van der Waals surface area contributed by atoms with Gasteiger partial charge < -0.3 is 20.5 Å². The lowest BCUT2D eigenvalue weighted by Crippen LogP contribution is -2.31. The summed E-state index contributed by atoms with van der Waals surface area (Å²) in [6.07, 6.45) is 0.912. The van der Waals surface area contributed by atoms with Gasteiger partial charge in [-0.2, -0.15) is 0 Å². The van der Waals surface area contributed by atoms with Crippen molar-refractivity contribution in [2.75, 3.05) is 19.7 Å². The first-order valence-electron chi connectivity index (χ1n) is 9.73. The maximum atomic E-state index is 12.0. The number of carboxylic acids is 1. The van der Waals surface area contributed by atoms with Crippen molar-refractivity contribution in [2.24, 2.45) is 0 Å². The summed E-state index contributed by atoms with van der Waals surface area (Å²) in [5, 5.41) is 13.9. The summed E-state index contributed by atoms with van der Waals surface area (Å²) in [7, 11) is 0. The molecular weight excluding hydrogens is 384 g/mol. The molecule has 0 bridgehead atoms. The lowest BCUT2D eigenvalue weighted by molar-refractivity contribution is -0.132. The van der Waals surface area contributed by atoms with Crippen LogP contribution in [0.25, 0.3) is 11.1 Å². The number of alkyl carbamates (subject to hydrolysis) is 1. The molecule has 3 N–H and O–H groups in total. The van der Waals surface area contributed by atoms with Gasteiger partial charge in [-0.05, 0) is 29.2 Å². The molecule has 7 nitrogen and oxygen atoms in total. The number of benzene rings is 2. The lowest BCUT2D eigenvalue weighted by atomic mass is 9.98. The molecule has 0 unspecified atom stereocenters. The van der Waals surface area contributed by atoms with Crippen molar-refractivity contribution in [3.63, 3.8) is 0 Å². The van der Waals surface area contributed by atoms with Crippen LogP contribution in [0.3, 0.4) is 0 Å². The summed E-state index contributed by atoms with van der Waals surface area (Å²) >= 11 is 0. The summed E-state index contributed by atoms with van der Waals surface area (Å²) in [4.78, 5) is 34.5. The highest BCUT2D eigenvalue weighted by Gasteiger charge is 2.28. The number of fused-ring (bicyclic) bond motifs is 3. The Hall–Kier alpha value is -3.61. The van der Waals surface area contributed by atoms with E-state index in [-0.39, 0.29) is 43.5 Å². The van der Waals surface area contributed by atoms with E-state index in [0.29, 0.717) is 0 Å². The van der Waals surface area contributed by atoms with Gasteiger partial charge in [0.25, 0.3) is 0 Å². The van der Waals surface area contributed by atoms with Gasteiger partial charge in [0.2, 0.25) is 5.91 Å². The maximum Gasteiger partial charge on any atom is 0.407 e. The highest BCUT2D eigenvalue weighted by atomic mass is 16.5. The van der Waals surface area contributed by atoms with Gasteiger partial charge in [-0.1, -0.05) is 54.6 Å². The molecule has 0 saturated heterocycles. The van der Waals surface area contributed by atoms with Crippen molar-refractivity contribution in [3.8, 4) is 11.1 Å². The van der Waals surface area contributed by atoms with Crippen molar-refractivity contribution in [1.82, 2.24) is 10.6 Å². The second-order valence-corrected chi connectivity index (χ2v) is 7.00. The van der Waals surface area contributed by atoms with E-state index in [2.05, 4.69) is 22.8 Å². The van der Waals surface area contributed by atoms with Crippen LogP contribution >= 0.6 is 0 Å². The Morgan fingerprint density at radius 3 is 2.20 bits per heavy atom. The van der Waals surface area contributed by atoms with Gasteiger partial charge in [-0.3, -0.25) is 4.79 Å². The first kappa shape index (κ1) is 21.1. The lowest BCUT2D eigenvalue weighted by Gasteiger charge is -2.14. The number of ether oxygens (including phenoxy) is 1. The van der Waals surface area contributed by atoms with Gasteiger partial charge in [-0.25, -0.2) is 9.59 Å². The molecule has 0 aliphatic heterocycles. The van der Waals surface area contributed by atoms with Crippen LogP contribution in [-0.2, 0) is 14.3 Å². The van der Waals surface area contributed by atoms with E-state index in [1.54, 1.807) is 0 Å². The molecule has 30 heavy (non-hydrogen) atoms. The minimum absolute atomic E-state index is 0.0179. The Labute approximate surface area is 174 Å². The number of rotatable bonds is 8. The van der Waals surface area contributed by atoms with Crippen LogP contribution in [0.15, 0.2) is 60.2 Å². The number of aliphatic carboxylic acids is 1. The Morgan fingerprint density at radius 1 is 1.00 bits per heavy atom. The molecule has 2 amide bonds. The molecule has 7 heteroatoms. The molecule has 0 aromatic heterocycles. The fourth-order valence-electron chi connectivity index (χ4n) is 3.42. The summed E-state index contributed by atoms with van der Waals surface area (Å²) in [5.41, 5.74) is 4.75. The number of hydrogen-bond acceptors (Lipinski definition) is 4. The third kappa shape index (κ3) is 5.05. The molecule has 0 fully saturated rings. The minimum atomic E-state index is -1.03. The topological polar surface area (TPSA) is 105 Å². The summed E-state index contributed by atoms with van der Waals surface area (Å²) < 4.78 is 5.40. The highest BCUT2D eigenvalue weighted by Crippen LogP contribution is 2.44. The van der Waals surface area contributed by atoms with E-state index in [1.807, 2.05) is 36.4 Å². The zero-order valence-electron chi connectivity index (χ0n) is 16.7. The Kier molecular flexibility index (Phi) is 6.85. The third-order valence-corrected chi connectivity index (χ3v) is 5.01. The van der Waals surface area contributed by atoms with E-state index in [4.69, 9.17) is 9.84 Å². The largest absolute Gasteiger partial charge is 0.478 e. The first-order chi connectivity index (χ1) is 14.5. The molecule has 1 aliphatic carbocycles. The molecule has 3 rings (SSSR count). The molecule has 0 saturated carbocycles. The molecule has 0 atom stereocenters. The summed E-state index contributed by atoms with van der Waals surface area (Å²) in [6, 6.07) is 16.2. The first-order valence-corrected chi connectivity index (χ1v) is 9.73. The van der Waals surface area contributed by atoms with E-state index < -0.39 is 12.1 Å². The Bertz CT molecular complexity index is 938. The van der Waals surface area contributed by atoms with E-state index in [9.17, 15) is 14.4 Å². The van der Waals surface area contributed by atoms with Gasteiger partial charge >= 0.3 is 12.1 Å². The number of carbonyl (C=O) groups is 3. The SMILES string of the molecule is C/C(=C\CNC(=O)CCNC(=O)OCC1c2ccccc2-c2ccccc21)C(=O)O. The van der Waals surface area contributed by atoms with Crippen LogP contribution in [0.1, 0.15) is 30.4 Å². The van der Waals surface area contributed by atoms with Crippen molar-refractivity contribution in [3.05, 3.63) is 71.3 Å². The third-order valence-electron chi connectivity index (χ3n) is 5.01. The maximum absolute atomic E-state index is 12.0. The van der Waals surface area contributed by atoms with Crippen molar-refractivity contribution >= 4 is 18.0 Å². The molecule has 0 spiro atoms. The highest BCUT2D eigenvalue weighted by molar-refractivity contribution is 5.86. The molecule has 0 radical (unpaired) electrons. The van der Waals surface area contributed by atoms with Crippen LogP contribution < -0.4 is 10.6 Å². The van der Waals surface area contributed by atoms with Gasteiger partial charge in [0.05, 0.1) is 0 Å². The van der Waals surface area contributed by atoms with Gasteiger partial charge in [-0.15, -0.1) is 0 Å². The Balaban J connectivity index is 1.44. The molecule has 156 valence electrons. The number of carboxylic acid groups (broad SMARTS) is 1. The fraction of sp³-hybridized carbons (Fsp3) is 0.261. The fourth-order valence-corrected chi connectivity index (χ4v) is 3.42. The number of carbonyl (C=O) groups excluding carboxylic acids is 2. The predicted octanol–water partition coefficient (Wildman–Crippen LogP) is 3.06. The summed E-state index contributed by atoms with van der Waals surface area (Å²) in [5.74, 6) is -1.33. The van der Waals surface area contributed by atoms with Gasteiger partial charge in [0.15, 0.2) is 0 Å². The molecule has 2 aromatic carbocycles. The average Bonchev–Trinajstić information content (AvgIpc) is 3.06. The molecule has 1 aliphatic rings. The smallest absolute Gasteiger partial charge is 0.407 e. The predicted molar refractivity (Wildman–Crippen MR) is 112 cm³/mol. The average molecular weight is 408 g/mol. The van der Waals surface area contributed by atoms with Crippen molar-refractivity contribution < 1.29 is 24.2 Å². The van der Waals surface area contributed by atoms with E-state index in [1.165, 1.54) is 13.0 Å². The molecular formula is C23H24N2O5. The molecule has 0 heterocycles. The zero-order valence-corrected chi connectivity index (χ0v) is 16.7. The van der Waals surface area contributed by atoms with Gasteiger partial charge in [0, 0.05) is 31.0 Å². The number of hydrogen-bond donors (Lipinski definition) is 3. The van der Waals surface area contributed by atoms with Crippen LogP contribution in [-0.4, -0.2) is 42.8 Å². The minimum Gasteiger partial charge on any atom is -0.478 e. The second kappa shape index (κ2) is 9.73. The van der Waals surface area contributed by atoms with Crippen LogP contribution in [0, 0.1) is 0 Å². The Morgan fingerprint density at radius 2 is 1.60 bits per heavy atom. The quantitative estimate of drug-likeness (QED) is 0.583. The summed E-state index contributed by atoms with van der Waals surface area (Å²) in [6.45, 7) is 1.92. The zero-order chi connectivity index (χ0) is 21.5. The van der Waals surface area contributed by atoms with Crippen LogP contribution in [0.5, 0.6) is 0 Å². The van der Waals surface area contributed by atoms with Crippen LogP contribution in [0.2, 0.25) is 0 Å². The van der Waals surface area contributed by atoms with Crippen molar-refractivity contribution in [1.29, 1.82) is 0 Å². The van der Waals surface area contributed by atoms with E-state index in [0.717, 1.165) is 22.3 Å². The molecule has 2 aromatic rings. The standard InChI is InChI=1S/C23H24N2O5/c1-15(22(27)28)10-12-24-21(26)11-13-25-23(29)30-14-20-18-8-4-2-6-16(18)17-7-3-5-9-19(17)20/h2-10,20H,11-14H2,1H3,(H,24,26)(H,25,29)(H,27,28)/b15-10+. The monoisotopic (exact) mass is 408 g/mol. The van der Waals surface area contributed by atoms with Gasteiger partial charge in [0.1, 0.15) is 6.61 Å². The second-order valence-electron chi connectivity index (χ2n) is 7.00. The number of amides is 2. The van der Waals surface area contributed by atoms with Crippen molar-refractivity contribution in [2.45, 2.75) is 19.3 Å². The van der Waals surface area contributed by atoms with E-state index >= 15 is 0 Å². The van der Waals surface area contributed by atoms with Crippen LogP contribution in [0.4, 0.5) is 4.79 Å².